The largest absolute Gasteiger partial charge is 0.213 e. The molecule has 0 saturated heterocycles. The Balaban J connectivity index is 2.39. The lowest BCUT2D eigenvalue weighted by molar-refractivity contribution is -0.741. The van der Waals surface area contributed by atoms with Crippen LogP contribution in [0.1, 0.15) is 32.3 Å². The summed E-state index contributed by atoms with van der Waals surface area (Å²) in [7, 11) is 0. The average molecular weight is 250 g/mol. The van der Waals surface area contributed by atoms with Crippen LogP contribution >= 0.6 is 0 Å². The maximum Gasteiger partial charge on any atom is 0.213 e. The average Bonchev–Trinajstić information content (AvgIpc) is 2.49. The van der Waals surface area contributed by atoms with E-state index >= 15 is 0 Å². The molecule has 2 aromatic rings. The molecule has 1 nitrogen and oxygen atoms in total. The highest BCUT2D eigenvalue weighted by atomic mass is 15.1. The quantitative estimate of drug-likeness (QED) is 0.704. The van der Waals surface area contributed by atoms with Gasteiger partial charge in [-0.2, -0.15) is 4.57 Å². The van der Waals surface area contributed by atoms with Crippen LogP contribution in [-0.2, 0) is 5.54 Å². The minimum Gasteiger partial charge on any atom is -0.189 e. The Kier molecular flexibility index (Phi) is 2.78. The fourth-order valence-electron chi connectivity index (χ4n) is 3.42. The Bertz CT molecular complexity index is 636. The van der Waals surface area contributed by atoms with E-state index in [0.717, 1.165) is 12.8 Å². The molecule has 19 heavy (non-hydrogen) atoms. The first-order valence-electron chi connectivity index (χ1n) is 7.05. The summed E-state index contributed by atoms with van der Waals surface area (Å²) in [5.41, 5.74) is 5.17. The second kappa shape index (κ2) is 4.34. The molecule has 0 amide bonds. The third-order valence-corrected chi connectivity index (χ3v) is 4.58. The van der Waals surface area contributed by atoms with Crippen LogP contribution in [0.4, 0.5) is 0 Å². The highest BCUT2D eigenvalue weighted by Crippen LogP contribution is 2.42. The highest BCUT2D eigenvalue weighted by molar-refractivity contribution is 5.82. The van der Waals surface area contributed by atoms with E-state index < -0.39 is 0 Å². The zero-order chi connectivity index (χ0) is 13.5. The normalized spacial score (nSPS) is 15.8. The summed E-state index contributed by atoms with van der Waals surface area (Å²) in [6.07, 6.45) is 4.33. The number of pyridine rings is 1. The number of hydrogen-bond donors (Lipinski definition) is 0. The molecule has 0 saturated carbocycles. The zero-order valence-electron chi connectivity index (χ0n) is 11.7. The molecule has 0 spiro atoms. The maximum absolute atomic E-state index is 4.43. The molecule has 1 heteroatoms. The monoisotopic (exact) mass is 250 g/mol. The third kappa shape index (κ3) is 1.51. The van der Waals surface area contributed by atoms with Gasteiger partial charge in [0.1, 0.15) is 0 Å². The third-order valence-electron chi connectivity index (χ3n) is 4.58. The van der Waals surface area contributed by atoms with Gasteiger partial charge in [-0.1, -0.05) is 38.6 Å². The number of fused-ring (bicyclic) bond motifs is 3. The predicted octanol–water partition coefficient (Wildman–Crippen LogP) is 4.18. The van der Waals surface area contributed by atoms with Gasteiger partial charge < -0.3 is 0 Å². The fraction of sp³-hybridized carbons (Fsp3) is 0.278. The number of allylic oxidation sites excluding steroid dienone is 1. The number of aromatic nitrogens is 1. The lowest BCUT2D eigenvalue weighted by Gasteiger charge is -2.34. The van der Waals surface area contributed by atoms with Gasteiger partial charge in [0.05, 0.1) is 5.56 Å². The molecule has 0 N–H and O–H groups in total. The molecule has 96 valence electrons. The molecular formula is C18H20N+. The van der Waals surface area contributed by atoms with E-state index in [9.17, 15) is 0 Å². The van der Waals surface area contributed by atoms with Crippen LogP contribution in [0.2, 0.25) is 0 Å². The van der Waals surface area contributed by atoms with Crippen molar-refractivity contribution in [2.75, 3.05) is 0 Å². The topological polar surface area (TPSA) is 3.88 Å². The summed E-state index contributed by atoms with van der Waals surface area (Å²) in [5, 5.41) is 0. The number of nitrogens with zero attached hydrogens (tertiary/aromatic N) is 1. The van der Waals surface area contributed by atoms with Gasteiger partial charge in [-0.25, -0.2) is 0 Å². The Labute approximate surface area is 115 Å². The number of benzene rings is 1. The molecule has 1 aromatic carbocycles. The first kappa shape index (κ1) is 12.2. The van der Waals surface area contributed by atoms with Crippen molar-refractivity contribution in [2.45, 2.75) is 32.2 Å². The Morgan fingerprint density at radius 2 is 1.58 bits per heavy atom. The second-order valence-electron chi connectivity index (χ2n) is 5.22. The van der Waals surface area contributed by atoms with Crippen LogP contribution in [0.5, 0.6) is 0 Å². The SMILES string of the molecule is C=C1c2ccccc2-c2cccc[n+]2C1(CC)CC. The van der Waals surface area contributed by atoms with Gasteiger partial charge in [0.15, 0.2) is 11.7 Å². The van der Waals surface area contributed by atoms with E-state index in [-0.39, 0.29) is 5.54 Å². The van der Waals surface area contributed by atoms with Gasteiger partial charge in [0, 0.05) is 30.5 Å². The summed E-state index contributed by atoms with van der Waals surface area (Å²) in [5.74, 6) is 0. The molecule has 3 rings (SSSR count). The molecule has 0 aliphatic carbocycles. The maximum atomic E-state index is 4.43. The van der Waals surface area contributed by atoms with Crippen molar-refractivity contribution >= 4 is 5.57 Å². The Morgan fingerprint density at radius 1 is 0.947 bits per heavy atom. The van der Waals surface area contributed by atoms with Gasteiger partial charge in [-0.05, 0) is 17.7 Å². The van der Waals surface area contributed by atoms with Crippen molar-refractivity contribution < 1.29 is 4.57 Å². The summed E-state index contributed by atoms with van der Waals surface area (Å²) in [4.78, 5) is 0. The first-order chi connectivity index (χ1) is 9.24. The molecule has 0 bridgehead atoms. The molecule has 1 aromatic heterocycles. The summed E-state index contributed by atoms with van der Waals surface area (Å²) in [6.45, 7) is 8.94. The van der Waals surface area contributed by atoms with Gasteiger partial charge in [0.25, 0.3) is 0 Å². The molecule has 0 unspecified atom stereocenters. The van der Waals surface area contributed by atoms with Crippen molar-refractivity contribution in [3.63, 3.8) is 0 Å². The number of hydrogen-bond acceptors (Lipinski definition) is 0. The highest BCUT2D eigenvalue weighted by Gasteiger charge is 2.46. The summed E-state index contributed by atoms with van der Waals surface area (Å²) >= 11 is 0. The molecule has 0 atom stereocenters. The lowest BCUT2D eigenvalue weighted by atomic mass is 9.76. The molecule has 0 fully saturated rings. The van der Waals surface area contributed by atoms with Crippen LogP contribution in [0.3, 0.4) is 0 Å². The molecule has 2 heterocycles. The van der Waals surface area contributed by atoms with E-state index in [2.05, 4.69) is 73.7 Å². The van der Waals surface area contributed by atoms with Crippen LogP contribution < -0.4 is 4.57 Å². The predicted molar refractivity (Wildman–Crippen MR) is 79.7 cm³/mol. The van der Waals surface area contributed by atoms with Crippen molar-refractivity contribution in [3.05, 3.63) is 60.8 Å². The smallest absolute Gasteiger partial charge is 0.189 e. The second-order valence-corrected chi connectivity index (χ2v) is 5.22. The molecule has 1 aliphatic rings. The van der Waals surface area contributed by atoms with Crippen molar-refractivity contribution in [1.82, 2.24) is 0 Å². The first-order valence-corrected chi connectivity index (χ1v) is 7.05. The minimum atomic E-state index is 0.0188. The van der Waals surface area contributed by atoms with Crippen LogP contribution in [0.15, 0.2) is 55.2 Å². The summed E-state index contributed by atoms with van der Waals surface area (Å²) in [6, 6.07) is 15.1. The lowest BCUT2D eigenvalue weighted by Crippen LogP contribution is -2.59. The van der Waals surface area contributed by atoms with Crippen LogP contribution in [-0.4, -0.2) is 0 Å². The van der Waals surface area contributed by atoms with Crippen molar-refractivity contribution in [1.29, 1.82) is 0 Å². The standard InChI is InChI=1S/C18H20N/c1-4-18(5-2)14(3)15-10-6-7-11-16(15)17-12-8-9-13-19(17)18/h6-13H,3-5H2,1-2H3/q+1. The van der Waals surface area contributed by atoms with Gasteiger partial charge in [-0.3, -0.25) is 0 Å². The summed E-state index contributed by atoms with van der Waals surface area (Å²) < 4.78 is 2.41. The Morgan fingerprint density at radius 3 is 2.26 bits per heavy atom. The van der Waals surface area contributed by atoms with Crippen molar-refractivity contribution in [2.24, 2.45) is 0 Å². The van der Waals surface area contributed by atoms with Gasteiger partial charge in [0.2, 0.25) is 5.69 Å². The van der Waals surface area contributed by atoms with E-state index in [1.807, 2.05) is 0 Å². The fourth-order valence-corrected chi connectivity index (χ4v) is 3.42. The molecule has 1 aliphatic heterocycles. The van der Waals surface area contributed by atoms with E-state index in [4.69, 9.17) is 0 Å². The molecule has 0 radical (unpaired) electrons. The zero-order valence-corrected chi connectivity index (χ0v) is 11.7. The van der Waals surface area contributed by atoms with Gasteiger partial charge in [-0.15, -0.1) is 0 Å². The number of rotatable bonds is 2. The van der Waals surface area contributed by atoms with Crippen LogP contribution in [0.25, 0.3) is 16.8 Å². The van der Waals surface area contributed by atoms with E-state index in [0.29, 0.717) is 0 Å². The Hall–Kier alpha value is -1.89. The van der Waals surface area contributed by atoms with Gasteiger partial charge >= 0.3 is 0 Å². The minimum absolute atomic E-state index is 0.0188. The van der Waals surface area contributed by atoms with Crippen molar-refractivity contribution in [3.8, 4) is 11.3 Å². The molecular weight excluding hydrogens is 230 g/mol. The van der Waals surface area contributed by atoms with Crippen LogP contribution in [0, 0.1) is 0 Å². The van der Waals surface area contributed by atoms with E-state index in [1.54, 1.807) is 0 Å². The van der Waals surface area contributed by atoms with E-state index in [1.165, 1.54) is 22.4 Å².